The number of rotatable bonds is 1. The molecule has 2 nitrogen and oxygen atoms in total. The lowest BCUT2D eigenvalue weighted by atomic mass is 10.1. The molecule has 0 aromatic heterocycles. The van der Waals surface area contributed by atoms with Crippen LogP contribution in [0.5, 0.6) is 5.75 Å². The Labute approximate surface area is 78.5 Å². The average molecular weight is 178 g/mol. The van der Waals surface area contributed by atoms with Gasteiger partial charge in [0.25, 0.3) is 0 Å². The summed E-state index contributed by atoms with van der Waals surface area (Å²) in [6, 6.07) is 3.92. The second-order valence-corrected chi connectivity index (χ2v) is 3.30. The van der Waals surface area contributed by atoms with Crippen molar-refractivity contribution in [2.75, 3.05) is 0 Å². The first-order valence-electron chi connectivity index (χ1n) is 4.27. The summed E-state index contributed by atoms with van der Waals surface area (Å²) >= 11 is 0. The predicted molar refractivity (Wildman–Crippen MR) is 52.0 cm³/mol. The number of aryl methyl sites for hydroxylation is 3. The van der Waals surface area contributed by atoms with E-state index < -0.39 is 0 Å². The Kier molecular flexibility index (Phi) is 2.71. The van der Waals surface area contributed by atoms with Crippen LogP contribution in [0.4, 0.5) is 0 Å². The fraction of sp³-hybridized carbons (Fsp3) is 0.364. The van der Waals surface area contributed by atoms with Crippen molar-refractivity contribution >= 4 is 5.97 Å². The third kappa shape index (κ3) is 2.31. The van der Waals surface area contributed by atoms with Crippen LogP contribution in [0.25, 0.3) is 0 Å². The van der Waals surface area contributed by atoms with E-state index in [1.807, 2.05) is 32.9 Å². The second-order valence-electron chi connectivity index (χ2n) is 3.30. The maximum Gasteiger partial charge on any atom is 0.308 e. The number of hydrogen-bond donors (Lipinski definition) is 0. The summed E-state index contributed by atoms with van der Waals surface area (Å²) in [4.78, 5) is 10.7. The zero-order valence-electron chi connectivity index (χ0n) is 8.47. The summed E-state index contributed by atoms with van der Waals surface area (Å²) in [5.74, 6) is 0.391. The Morgan fingerprint density at radius 3 is 2.15 bits per heavy atom. The molecule has 0 saturated carbocycles. The first-order valence-corrected chi connectivity index (χ1v) is 4.27. The van der Waals surface area contributed by atoms with Crippen molar-refractivity contribution in [2.24, 2.45) is 0 Å². The first kappa shape index (κ1) is 9.78. The van der Waals surface area contributed by atoms with Gasteiger partial charge in [-0.15, -0.1) is 0 Å². The quantitative estimate of drug-likeness (QED) is 0.488. The highest BCUT2D eigenvalue weighted by Gasteiger charge is 2.04. The van der Waals surface area contributed by atoms with Crippen molar-refractivity contribution in [3.05, 3.63) is 28.8 Å². The van der Waals surface area contributed by atoms with Crippen LogP contribution in [0, 0.1) is 20.8 Å². The predicted octanol–water partition coefficient (Wildman–Crippen LogP) is 2.54. The van der Waals surface area contributed by atoms with Crippen molar-refractivity contribution in [1.29, 1.82) is 0 Å². The molecule has 2 heteroatoms. The van der Waals surface area contributed by atoms with Gasteiger partial charge in [0.2, 0.25) is 0 Å². The number of benzene rings is 1. The Morgan fingerprint density at radius 2 is 1.62 bits per heavy atom. The molecule has 1 aromatic rings. The normalized spacial score (nSPS) is 9.85. The number of esters is 1. The van der Waals surface area contributed by atoms with Crippen molar-refractivity contribution < 1.29 is 9.53 Å². The van der Waals surface area contributed by atoms with E-state index in [-0.39, 0.29) is 5.97 Å². The lowest BCUT2D eigenvalue weighted by Crippen LogP contribution is -2.03. The van der Waals surface area contributed by atoms with E-state index in [9.17, 15) is 4.79 Å². The Bertz CT molecular complexity index is 340. The fourth-order valence-corrected chi connectivity index (χ4v) is 1.20. The van der Waals surface area contributed by atoms with Gasteiger partial charge in [0.15, 0.2) is 0 Å². The van der Waals surface area contributed by atoms with Gasteiger partial charge in [-0.1, -0.05) is 6.07 Å². The molecule has 70 valence electrons. The van der Waals surface area contributed by atoms with Gasteiger partial charge in [-0.3, -0.25) is 4.79 Å². The van der Waals surface area contributed by atoms with Crippen LogP contribution in [0.2, 0.25) is 0 Å². The largest absolute Gasteiger partial charge is 0.426 e. The maximum atomic E-state index is 10.7. The van der Waals surface area contributed by atoms with Crippen molar-refractivity contribution in [2.45, 2.75) is 27.7 Å². The summed E-state index contributed by atoms with van der Waals surface area (Å²) in [6.45, 7) is 7.39. The smallest absolute Gasteiger partial charge is 0.308 e. The average Bonchev–Trinajstić information content (AvgIpc) is 1.99. The van der Waals surface area contributed by atoms with Gasteiger partial charge >= 0.3 is 5.97 Å². The number of ether oxygens (including phenoxy) is 1. The number of carbonyl (C=O) groups is 1. The van der Waals surface area contributed by atoms with Crippen LogP contribution in [-0.4, -0.2) is 5.97 Å². The third-order valence-electron chi connectivity index (χ3n) is 2.04. The Balaban J connectivity index is 3.08. The molecule has 0 N–H and O–H groups in total. The molecule has 1 rings (SSSR count). The first-order chi connectivity index (χ1) is 6.00. The Hall–Kier alpha value is -1.31. The van der Waals surface area contributed by atoms with E-state index in [2.05, 4.69) is 0 Å². The van der Waals surface area contributed by atoms with Crippen LogP contribution < -0.4 is 4.74 Å². The minimum Gasteiger partial charge on any atom is -0.426 e. The standard InChI is InChI=1S/C11H14O2/c1-7-5-9(3)11(6-8(7)2)13-10(4)12/h5-6H,1-4H3. The van der Waals surface area contributed by atoms with Gasteiger partial charge in [0, 0.05) is 6.92 Å². The fourth-order valence-electron chi connectivity index (χ4n) is 1.20. The van der Waals surface area contributed by atoms with Gasteiger partial charge < -0.3 is 4.74 Å². The summed E-state index contributed by atoms with van der Waals surface area (Å²) in [6.07, 6.45) is 0. The maximum absolute atomic E-state index is 10.7. The van der Waals surface area contributed by atoms with E-state index >= 15 is 0 Å². The van der Waals surface area contributed by atoms with Crippen molar-refractivity contribution in [3.8, 4) is 5.75 Å². The molecule has 1 aromatic carbocycles. The van der Waals surface area contributed by atoms with Crippen LogP contribution in [0.1, 0.15) is 23.6 Å². The molecule has 0 aliphatic carbocycles. The molecule has 0 bridgehead atoms. The minimum atomic E-state index is -0.272. The van der Waals surface area contributed by atoms with Gasteiger partial charge in [-0.05, 0) is 43.5 Å². The summed E-state index contributed by atoms with van der Waals surface area (Å²) < 4.78 is 5.04. The monoisotopic (exact) mass is 178 g/mol. The number of hydrogen-bond acceptors (Lipinski definition) is 2. The number of carbonyl (C=O) groups excluding carboxylic acids is 1. The van der Waals surface area contributed by atoms with E-state index in [4.69, 9.17) is 4.74 Å². The van der Waals surface area contributed by atoms with Gasteiger partial charge in [-0.25, -0.2) is 0 Å². The van der Waals surface area contributed by atoms with E-state index in [1.165, 1.54) is 12.5 Å². The lowest BCUT2D eigenvalue weighted by molar-refractivity contribution is -0.131. The summed E-state index contributed by atoms with van der Waals surface area (Å²) in [5.41, 5.74) is 3.36. The van der Waals surface area contributed by atoms with Crippen LogP contribution >= 0.6 is 0 Å². The molecule has 0 aliphatic heterocycles. The highest BCUT2D eigenvalue weighted by molar-refractivity contribution is 5.70. The summed E-state index contributed by atoms with van der Waals surface area (Å²) in [7, 11) is 0. The van der Waals surface area contributed by atoms with Crippen LogP contribution in [0.15, 0.2) is 12.1 Å². The van der Waals surface area contributed by atoms with Gasteiger partial charge in [-0.2, -0.15) is 0 Å². The molecule has 0 spiro atoms. The Morgan fingerprint density at radius 1 is 1.08 bits per heavy atom. The molecule has 0 fully saturated rings. The molecule has 0 saturated heterocycles. The molecule has 0 unspecified atom stereocenters. The third-order valence-corrected chi connectivity index (χ3v) is 2.04. The zero-order valence-corrected chi connectivity index (χ0v) is 8.47. The van der Waals surface area contributed by atoms with Crippen LogP contribution in [0.3, 0.4) is 0 Å². The van der Waals surface area contributed by atoms with Crippen molar-refractivity contribution in [1.82, 2.24) is 0 Å². The van der Waals surface area contributed by atoms with E-state index in [0.29, 0.717) is 5.75 Å². The topological polar surface area (TPSA) is 26.3 Å². The SMILES string of the molecule is CC(=O)Oc1cc(C)c(C)cc1C. The zero-order chi connectivity index (χ0) is 10.0. The van der Waals surface area contributed by atoms with Gasteiger partial charge in [0.05, 0.1) is 0 Å². The molecular weight excluding hydrogens is 164 g/mol. The molecule has 0 heterocycles. The van der Waals surface area contributed by atoms with Crippen molar-refractivity contribution in [3.63, 3.8) is 0 Å². The molecule has 0 radical (unpaired) electrons. The molecular formula is C11H14O2. The molecule has 0 atom stereocenters. The minimum absolute atomic E-state index is 0.272. The highest BCUT2D eigenvalue weighted by Crippen LogP contribution is 2.22. The molecule has 13 heavy (non-hydrogen) atoms. The summed E-state index contributed by atoms with van der Waals surface area (Å²) in [5, 5.41) is 0. The molecule has 0 aliphatic rings. The molecule has 0 amide bonds. The second kappa shape index (κ2) is 3.60. The highest BCUT2D eigenvalue weighted by atomic mass is 16.5. The van der Waals surface area contributed by atoms with Crippen LogP contribution in [-0.2, 0) is 4.79 Å². The van der Waals surface area contributed by atoms with Gasteiger partial charge in [0.1, 0.15) is 5.75 Å². The lowest BCUT2D eigenvalue weighted by Gasteiger charge is -2.08. The van der Waals surface area contributed by atoms with E-state index in [1.54, 1.807) is 0 Å². The van der Waals surface area contributed by atoms with E-state index in [0.717, 1.165) is 11.1 Å².